The first-order chi connectivity index (χ1) is 31.8. The van der Waals surface area contributed by atoms with E-state index in [1.807, 2.05) is 29.0 Å². The summed E-state index contributed by atoms with van der Waals surface area (Å²) in [5.41, 5.74) is 4.01. The number of carbonyl (C=O) groups is 4. The van der Waals surface area contributed by atoms with E-state index in [2.05, 4.69) is 43.3 Å². The second-order valence-corrected chi connectivity index (χ2v) is 19.8. The number of halogens is 3. The van der Waals surface area contributed by atoms with Crippen LogP contribution < -0.4 is 19.8 Å². The molecule has 14 nitrogen and oxygen atoms in total. The van der Waals surface area contributed by atoms with Gasteiger partial charge in [-0.2, -0.15) is 12.7 Å². The molecule has 1 unspecified atom stereocenters. The maximum absolute atomic E-state index is 15.8. The van der Waals surface area contributed by atoms with Crippen LogP contribution in [0.1, 0.15) is 83.2 Å². The van der Waals surface area contributed by atoms with E-state index >= 15 is 8.78 Å². The molecule has 18 heteroatoms. The Labute approximate surface area is 379 Å². The lowest BCUT2D eigenvalue weighted by atomic mass is 9.82. The summed E-state index contributed by atoms with van der Waals surface area (Å²) in [4.78, 5) is 64.8. The molecule has 10 rings (SSSR count). The van der Waals surface area contributed by atoms with Crippen LogP contribution in [0.4, 0.5) is 30.2 Å². The van der Waals surface area contributed by atoms with Gasteiger partial charge in [0.2, 0.25) is 17.6 Å². The maximum Gasteiger partial charge on any atom is 0.301 e. The molecule has 4 saturated heterocycles. The third kappa shape index (κ3) is 8.40. The highest BCUT2D eigenvalue weighted by Crippen LogP contribution is 2.37. The molecule has 344 valence electrons. The summed E-state index contributed by atoms with van der Waals surface area (Å²) in [5.74, 6) is -3.10. The molecule has 3 amide bonds. The van der Waals surface area contributed by atoms with Crippen LogP contribution in [0.2, 0.25) is 0 Å². The predicted octanol–water partition coefficient (Wildman–Crippen LogP) is 6.72. The Bertz CT molecular complexity index is 2860. The third-order valence-corrected chi connectivity index (χ3v) is 15.6. The summed E-state index contributed by atoms with van der Waals surface area (Å²) >= 11 is 0. The number of aromatic nitrogens is 2. The van der Waals surface area contributed by atoms with Gasteiger partial charge in [-0.3, -0.25) is 29.2 Å². The summed E-state index contributed by atoms with van der Waals surface area (Å²) in [6, 6.07) is 16.9. The van der Waals surface area contributed by atoms with Crippen LogP contribution in [0.3, 0.4) is 0 Å². The molecule has 3 N–H and O–H groups in total. The lowest BCUT2D eigenvalue weighted by molar-refractivity contribution is -0.136. The quantitative estimate of drug-likeness (QED) is 0.0963. The Morgan fingerprint density at radius 2 is 1.52 bits per heavy atom. The molecule has 0 saturated carbocycles. The van der Waals surface area contributed by atoms with E-state index in [1.54, 1.807) is 17.2 Å². The fraction of sp³-hybridized carbons (Fsp3) is 0.396. The Hall–Kier alpha value is -6.27. The first-order valence-corrected chi connectivity index (χ1v) is 24.0. The SMILES string of the molecule is O=C1CCC(N2Cc3cc(N4CCC(CC5CCN(c6ccc(-c7cnc8[nH]cc(C(=O)c9c(F)ccc(NS(=O)(=O)N%10CC[C@@H](F)C%10)c9F)c8c7)cc6)CC5)CC4)ccc3C2=O)C(=O)N1. The molecule has 0 radical (unpaired) electrons. The first kappa shape index (κ1) is 43.6. The van der Waals surface area contributed by atoms with E-state index in [-0.39, 0.29) is 43.3 Å². The average Bonchev–Trinajstić information content (AvgIpc) is 4.04. The number of nitrogens with one attached hydrogen (secondary N) is 3. The van der Waals surface area contributed by atoms with Crippen molar-refractivity contribution in [3.05, 3.63) is 107 Å². The van der Waals surface area contributed by atoms with Gasteiger partial charge in [0.1, 0.15) is 23.7 Å². The van der Waals surface area contributed by atoms with Crippen LogP contribution in [0.15, 0.2) is 73.1 Å². The summed E-state index contributed by atoms with van der Waals surface area (Å²) in [5, 5.41) is 2.70. The van der Waals surface area contributed by atoms with Gasteiger partial charge < -0.3 is 19.7 Å². The summed E-state index contributed by atoms with van der Waals surface area (Å²) in [6.07, 6.45) is 7.82. The van der Waals surface area contributed by atoms with E-state index < -0.39 is 57.0 Å². The van der Waals surface area contributed by atoms with E-state index in [4.69, 9.17) is 0 Å². The minimum atomic E-state index is -4.35. The standard InChI is InChI=1S/C48H49F3N8O6S/c49-33-15-20-58(27-33)66(64,65)55-40-8-7-39(50)43(44(40)51)45(61)38-25-53-46-37(38)23-31(24-52-46)30-1-3-34(4-2-30)56-16-11-28(12-17-56)21-29-13-18-57(19-14-29)35-5-6-36-32(22-35)26-59(48(36)63)41-9-10-42(60)54-47(41)62/h1-8,22-25,28-29,33,41,55H,9-21,26-27H2,(H,52,53)(H,54,60,62)/t33-,41?/m1/s1. The summed E-state index contributed by atoms with van der Waals surface area (Å²) < 4.78 is 73.1. The number of aromatic amines is 1. The molecule has 7 heterocycles. The van der Waals surface area contributed by atoms with E-state index in [0.717, 1.165) is 90.8 Å². The highest BCUT2D eigenvalue weighted by atomic mass is 32.2. The lowest BCUT2D eigenvalue weighted by Crippen LogP contribution is -2.52. The number of nitrogens with zero attached hydrogens (tertiary/aromatic N) is 5. The summed E-state index contributed by atoms with van der Waals surface area (Å²) in [6.45, 7) is 3.68. The topological polar surface area (TPSA) is 168 Å². The Balaban J connectivity index is 0.730. The van der Waals surface area contributed by atoms with Crippen molar-refractivity contribution in [1.82, 2.24) is 24.5 Å². The van der Waals surface area contributed by atoms with Crippen molar-refractivity contribution in [3.63, 3.8) is 0 Å². The molecule has 3 aromatic carbocycles. The predicted molar refractivity (Wildman–Crippen MR) is 242 cm³/mol. The summed E-state index contributed by atoms with van der Waals surface area (Å²) in [7, 11) is -4.35. The average molecular weight is 923 g/mol. The molecule has 5 aromatic rings. The largest absolute Gasteiger partial charge is 0.372 e. The van der Waals surface area contributed by atoms with Crippen LogP contribution in [-0.4, -0.2) is 103 Å². The molecule has 2 atom stereocenters. The number of anilines is 3. The molecular formula is C48H49F3N8O6S. The van der Waals surface area contributed by atoms with Gasteiger partial charge in [0.15, 0.2) is 5.82 Å². The first-order valence-electron chi connectivity index (χ1n) is 22.6. The van der Waals surface area contributed by atoms with Crippen LogP contribution in [0, 0.1) is 23.5 Å². The zero-order chi connectivity index (χ0) is 45.9. The van der Waals surface area contributed by atoms with E-state index in [0.29, 0.717) is 47.0 Å². The Morgan fingerprint density at radius 1 is 0.818 bits per heavy atom. The number of hydrogen-bond donors (Lipinski definition) is 3. The molecular weight excluding hydrogens is 874 g/mol. The number of rotatable bonds is 11. The number of H-pyrrole nitrogens is 1. The maximum atomic E-state index is 15.8. The number of carbonyl (C=O) groups excluding carboxylic acids is 4. The third-order valence-electron chi connectivity index (χ3n) is 14.1. The number of amides is 3. The second kappa shape index (κ2) is 17.5. The van der Waals surface area contributed by atoms with Crippen molar-refractivity contribution in [1.29, 1.82) is 0 Å². The van der Waals surface area contributed by atoms with Gasteiger partial charge in [0, 0.05) is 98.1 Å². The van der Waals surface area contributed by atoms with Crippen molar-refractivity contribution >= 4 is 61.8 Å². The van der Waals surface area contributed by atoms with E-state index in [1.165, 1.54) is 12.6 Å². The molecule has 0 bridgehead atoms. The number of benzene rings is 3. The molecule has 5 aliphatic heterocycles. The van der Waals surface area contributed by atoms with Crippen LogP contribution in [0.25, 0.3) is 22.2 Å². The van der Waals surface area contributed by atoms with Crippen LogP contribution in [-0.2, 0) is 26.3 Å². The van der Waals surface area contributed by atoms with Gasteiger partial charge in [0.05, 0.1) is 11.3 Å². The van der Waals surface area contributed by atoms with Crippen molar-refractivity contribution in [2.45, 2.75) is 70.1 Å². The normalized spacial score (nSPS) is 21.2. The Morgan fingerprint density at radius 3 is 2.20 bits per heavy atom. The molecule has 4 fully saturated rings. The van der Waals surface area contributed by atoms with Crippen LogP contribution >= 0.6 is 0 Å². The van der Waals surface area contributed by atoms with Gasteiger partial charge >= 0.3 is 10.2 Å². The molecule has 0 spiro atoms. The van der Waals surface area contributed by atoms with Crippen molar-refractivity contribution < 1.29 is 40.8 Å². The zero-order valence-electron chi connectivity index (χ0n) is 36.1. The van der Waals surface area contributed by atoms with Crippen LogP contribution in [0.5, 0.6) is 0 Å². The number of fused-ring (bicyclic) bond motifs is 2. The lowest BCUT2D eigenvalue weighted by Gasteiger charge is -2.38. The molecule has 0 aliphatic carbocycles. The fourth-order valence-corrected chi connectivity index (χ4v) is 11.6. The number of pyridine rings is 1. The highest BCUT2D eigenvalue weighted by Gasteiger charge is 2.40. The highest BCUT2D eigenvalue weighted by molar-refractivity contribution is 7.90. The van der Waals surface area contributed by atoms with Gasteiger partial charge in [-0.25, -0.2) is 18.2 Å². The van der Waals surface area contributed by atoms with Gasteiger partial charge in [-0.15, -0.1) is 0 Å². The number of imide groups is 1. The monoisotopic (exact) mass is 922 g/mol. The van der Waals surface area contributed by atoms with Gasteiger partial charge in [-0.1, -0.05) is 12.1 Å². The molecule has 5 aliphatic rings. The minimum absolute atomic E-state index is 0.00495. The van der Waals surface area contributed by atoms with E-state index in [9.17, 15) is 32.0 Å². The Kier molecular flexibility index (Phi) is 11.6. The zero-order valence-corrected chi connectivity index (χ0v) is 36.9. The number of alkyl halides is 1. The molecule has 66 heavy (non-hydrogen) atoms. The number of piperidine rings is 3. The number of ketones is 1. The van der Waals surface area contributed by atoms with Crippen molar-refractivity contribution in [3.8, 4) is 11.1 Å². The van der Waals surface area contributed by atoms with Gasteiger partial charge in [0.25, 0.3) is 5.91 Å². The minimum Gasteiger partial charge on any atom is -0.372 e. The number of hydrogen-bond acceptors (Lipinski definition) is 9. The fourth-order valence-electron chi connectivity index (χ4n) is 10.4. The van der Waals surface area contributed by atoms with Crippen molar-refractivity contribution in [2.24, 2.45) is 11.8 Å². The molecule has 2 aromatic heterocycles. The van der Waals surface area contributed by atoms with Gasteiger partial charge in [-0.05, 0) is 116 Å². The van der Waals surface area contributed by atoms with Crippen molar-refractivity contribution in [2.75, 3.05) is 53.8 Å². The smallest absolute Gasteiger partial charge is 0.301 e. The second-order valence-electron chi connectivity index (χ2n) is 18.2.